The maximum atomic E-state index is 6.30. The van der Waals surface area contributed by atoms with Crippen molar-refractivity contribution in [3.8, 4) is 11.5 Å². The van der Waals surface area contributed by atoms with Gasteiger partial charge in [-0.3, -0.25) is 0 Å². The molecule has 0 aromatic heterocycles. The van der Waals surface area contributed by atoms with Gasteiger partial charge < -0.3 is 24.4 Å². The van der Waals surface area contributed by atoms with Crippen molar-refractivity contribution in [2.75, 3.05) is 46.5 Å². The molecule has 0 amide bonds. The Morgan fingerprint density at radius 2 is 2.14 bits per heavy atom. The van der Waals surface area contributed by atoms with Crippen LogP contribution in [0.3, 0.4) is 0 Å². The van der Waals surface area contributed by atoms with Gasteiger partial charge in [-0.1, -0.05) is 11.6 Å². The number of ether oxygens (including phenoxy) is 3. The van der Waals surface area contributed by atoms with Gasteiger partial charge in [0.05, 0.1) is 30.9 Å². The third-order valence-corrected chi connectivity index (χ3v) is 4.19. The molecule has 2 aliphatic heterocycles. The highest BCUT2D eigenvalue weighted by molar-refractivity contribution is 6.32. The summed E-state index contributed by atoms with van der Waals surface area (Å²) in [4.78, 5) is 2.29. The van der Waals surface area contributed by atoms with Crippen molar-refractivity contribution in [3.05, 3.63) is 22.7 Å². The summed E-state index contributed by atoms with van der Waals surface area (Å²) >= 11 is 6.30. The molecule has 5 nitrogen and oxygen atoms in total. The van der Waals surface area contributed by atoms with Crippen molar-refractivity contribution < 1.29 is 14.2 Å². The quantitative estimate of drug-likeness (QED) is 0.915. The predicted octanol–water partition coefficient (Wildman–Crippen LogP) is 1.92. The standard InChI is InChI=1S/C16H23ClN2O3/c1-19-3-6-20-13(11-19)10-18-9-12-7-14(17)16-15(8-12)21-4-2-5-22-16/h7-8,13,18H,2-6,9-11H2,1H3/t13-/m1/s1. The average Bonchev–Trinajstić information content (AvgIpc) is 2.73. The van der Waals surface area contributed by atoms with E-state index in [0.29, 0.717) is 24.0 Å². The fourth-order valence-electron chi connectivity index (χ4n) is 2.75. The van der Waals surface area contributed by atoms with E-state index in [1.807, 2.05) is 12.1 Å². The number of nitrogens with zero attached hydrogens (tertiary/aromatic N) is 1. The van der Waals surface area contributed by atoms with E-state index < -0.39 is 0 Å². The van der Waals surface area contributed by atoms with Crippen LogP contribution in [-0.4, -0.2) is 57.5 Å². The number of hydrogen-bond acceptors (Lipinski definition) is 5. The number of rotatable bonds is 4. The zero-order valence-corrected chi connectivity index (χ0v) is 13.7. The predicted molar refractivity (Wildman–Crippen MR) is 86.0 cm³/mol. The van der Waals surface area contributed by atoms with Crippen LogP contribution in [0, 0.1) is 0 Å². The van der Waals surface area contributed by atoms with E-state index >= 15 is 0 Å². The van der Waals surface area contributed by atoms with E-state index in [0.717, 1.165) is 50.5 Å². The molecule has 0 bridgehead atoms. The van der Waals surface area contributed by atoms with Crippen LogP contribution in [0.5, 0.6) is 11.5 Å². The van der Waals surface area contributed by atoms with Gasteiger partial charge in [0.15, 0.2) is 11.5 Å². The van der Waals surface area contributed by atoms with Crippen LogP contribution in [0.4, 0.5) is 0 Å². The largest absolute Gasteiger partial charge is 0.489 e. The van der Waals surface area contributed by atoms with Gasteiger partial charge in [-0.25, -0.2) is 0 Å². The molecule has 1 saturated heterocycles. The Bertz CT molecular complexity index is 512. The van der Waals surface area contributed by atoms with Crippen LogP contribution in [0.2, 0.25) is 5.02 Å². The van der Waals surface area contributed by atoms with E-state index in [2.05, 4.69) is 17.3 Å². The molecule has 0 aliphatic carbocycles. The summed E-state index contributed by atoms with van der Waals surface area (Å²) in [6.07, 6.45) is 1.13. The van der Waals surface area contributed by atoms with Gasteiger partial charge in [0.25, 0.3) is 0 Å². The maximum absolute atomic E-state index is 6.30. The fraction of sp³-hybridized carbons (Fsp3) is 0.625. The van der Waals surface area contributed by atoms with Crippen molar-refractivity contribution >= 4 is 11.6 Å². The minimum atomic E-state index is 0.245. The van der Waals surface area contributed by atoms with Crippen molar-refractivity contribution in [3.63, 3.8) is 0 Å². The number of benzene rings is 1. The second-order valence-corrected chi connectivity index (χ2v) is 6.25. The van der Waals surface area contributed by atoms with Gasteiger partial charge >= 0.3 is 0 Å². The second kappa shape index (κ2) is 7.51. The molecule has 0 unspecified atom stereocenters. The molecular formula is C16H23ClN2O3. The molecule has 1 aromatic carbocycles. The first kappa shape index (κ1) is 15.9. The Morgan fingerprint density at radius 1 is 1.27 bits per heavy atom. The highest BCUT2D eigenvalue weighted by Gasteiger charge is 2.18. The highest BCUT2D eigenvalue weighted by atomic mass is 35.5. The van der Waals surface area contributed by atoms with Crippen molar-refractivity contribution in [2.24, 2.45) is 0 Å². The zero-order chi connectivity index (χ0) is 15.4. The summed E-state index contributed by atoms with van der Waals surface area (Å²) in [5, 5.41) is 4.05. The summed E-state index contributed by atoms with van der Waals surface area (Å²) in [5.41, 5.74) is 1.10. The molecule has 0 spiro atoms. The summed E-state index contributed by atoms with van der Waals surface area (Å²) in [6, 6.07) is 3.95. The summed E-state index contributed by atoms with van der Waals surface area (Å²) < 4.78 is 17.1. The number of hydrogen-bond donors (Lipinski definition) is 1. The lowest BCUT2D eigenvalue weighted by Crippen LogP contribution is -2.44. The lowest BCUT2D eigenvalue weighted by Gasteiger charge is -2.30. The molecule has 0 saturated carbocycles. The van der Waals surface area contributed by atoms with Crippen LogP contribution in [-0.2, 0) is 11.3 Å². The molecule has 3 rings (SSSR count). The van der Waals surface area contributed by atoms with Gasteiger partial charge in [-0.15, -0.1) is 0 Å². The fourth-order valence-corrected chi connectivity index (χ4v) is 3.04. The Labute approximate surface area is 136 Å². The first-order chi connectivity index (χ1) is 10.7. The van der Waals surface area contributed by atoms with Crippen molar-refractivity contribution in [2.45, 2.75) is 19.1 Å². The smallest absolute Gasteiger partial charge is 0.179 e. The third kappa shape index (κ3) is 4.04. The molecule has 1 fully saturated rings. The molecule has 2 aliphatic rings. The van der Waals surface area contributed by atoms with E-state index in [1.54, 1.807) is 0 Å². The van der Waals surface area contributed by atoms with Gasteiger partial charge in [-0.05, 0) is 24.7 Å². The molecule has 2 heterocycles. The number of halogens is 1. The number of likely N-dealkylation sites (N-methyl/N-ethyl adjacent to an activating group) is 1. The summed E-state index contributed by atoms with van der Waals surface area (Å²) in [5.74, 6) is 1.41. The molecule has 0 radical (unpaired) electrons. The van der Waals surface area contributed by atoms with Crippen molar-refractivity contribution in [1.29, 1.82) is 0 Å². The van der Waals surface area contributed by atoms with E-state index in [-0.39, 0.29) is 6.10 Å². The first-order valence-electron chi connectivity index (χ1n) is 7.81. The Balaban J connectivity index is 1.56. The van der Waals surface area contributed by atoms with Crippen LogP contribution in [0.1, 0.15) is 12.0 Å². The lowest BCUT2D eigenvalue weighted by molar-refractivity contribution is -0.0182. The SMILES string of the molecule is CN1CCO[C@H](CNCc2cc(Cl)c3c(c2)OCCCO3)C1. The Hall–Kier alpha value is -1.01. The minimum Gasteiger partial charge on any atom is -0.489 e. The molecule has 1 atom stereocenters. The molecule has 6 heteroatoms. The topological polar surface area (TPSA) is 43.0 Å². The van der Waals surface area contributed by atoms with Gasteiger partial charge in [-0.2, -0.15) is 0 Å². The van der Waals surface area contributed by atoms with E-state index in [1.165, 1.54) is 0 Å². The van der Waals surface area contributed by atoms with Gasteiger partial charge in [0.2, 0.25) is 0 Å². The Kier molecular flexibility index (Phi) is 5.41. The molecule has 22 heavy (non-hydrogen) atoms. The summed E-state index contributed by atoms with van der Waals surface area (Å²) in [7, 11) is 2.12. The Morgan fingerprint density at radius 3 is 3.00 bits per heavy atom. The molecule has 1 aromatic rings. The van der Waals surface area contributed by atoms with Crippen LogP contribution in [0.25, 0.3) is 0 Å². The monoisotopic (exact) mass is 326 g/mol. The summed E-state index contributed by atoms with van der Waals surface area (Å²) in [6.45, 7) is 5.66. The first-order valence-corrected chi connectivity index (χ1v) is 8.19. The number of nitrogens with one attached hydrogen (secondary N) is 1. The minimum absolute atomic E-state index is 0.245. The molecule has 1 N–H and O–H groups in total. The number of fused-ring (bicyclic) bond motifs is 1. The third-order valence-electron chi connectivity index (χ3n) is 3.90. The van der Waals surface area contributed by atoms with Crippen molar-refractivity contribution in [1.82, 2.24) is 10.2 Å². The maximum Gasteiger partial charge on any atom is 0.179 e. The van der Waals surface area contributed by atoms with E-state index in [9.17, 15) is 0 Å². The number of morpholine rings is 1. The van der Waals surface area contributed by atoms with Crippen LogP contribution in [0.15, 0.2) is 12.1 Å². The van der Waals surface area contributed by atoms with Gasteiger partial charge in [0.1, 0.15) is 0 Å². The van der Waals surface area contributed by atoms with E-state index in [4.69, 9.17) is 25.8 Å². The highest BCUT2D eigenvalue weighted by Crippen LogP contribution is 2.37. The second-order valence-electron chi connectivity index (χ2n) is 5.84. The average molecular weight is 327 g/mol. The lowest BCUT2D eigenvalue weighted by atomic mass is 10.2. The molecule has 122 valence electrons. The van der Waals surface area contributed by atoms with Crippen LogP contribution >= 0.6 is 11.6 Å². The zero-order valence-electron chi connectivity index (χ0n) is 12.9. The van der Waals surface area contributed by atoms with Crippen LogP contribution < -0.4 is 14.8 Å². The normalized spacial score (nSPS) is 22.4. The van der Waals surface area contributed by atoms with Gasteiger partial charge in [0, 0.05) is 32.6 Å². The molecular weight excluding hydrogens is 304 g/mol.